The summed E-state index contributed by atoms with van der Waals surface area (Å²) in [6.45, 7) is 3.49. The van der Waals surface area contributed by atoms with E-state index in [4.69, 9.17) is 24.1 Å². The summed E-state index contributed by atoms with van der Waals surface area (Å²) in [5.41, 5.74) is 0. The predicted octanol–water partition coefficient (Wildman–Crippen LogP) is 5.11. The topological polar surface area (TPSA) is 216 Å². The van der Waals surface area contributed by atoms with E-state index in [0.29, 0.717) is 39.2 Å². The van der Waals surface area contributed by atoms with Crippen LogP contribution in [0.2, 0.25) is 0 Å². The Balaban J connectivity index is 3.62. The minimum absolute atomic E-state index is 0.00977. The summed E-state index contributed by atoms with van der Waals surface area (Å²) in [6, 6.07) is -1.12. The van der Waals surface area contributed by atoms with Crippen molar-refractivity contribution in [1.29, 1.82) is 0 Å². The monoisotopic (exact) mass is 788 g/mol. The SMILES string of the molecule is CC(=O)COCCOCCNC(=O)COCCOCCNC(=O)CCC(NC(=O)CCCCCCCCCCCCCCCCCCCCC(=O)O)C(=O)O. The van der Waals surface area contributed by atoms with Crippen molar-refractivity contribution in [1.82, 2.24) is 16.0 Å². The van der Waals surface area contributed by atoms with Gasteiger partial charge in [-0.05, 0) is 26.2 Å². The molecule has 0 bridgehead atoms. The minimum Gasteiger partial charge on any atom is -0.481 e. The predicted molar refractivity (Wildman–Crippen MR) is 209 cm³/mol. The third-order valence-corrected chi connectivity index (χ3v) is 8.76. The number of unbranched alkanes of at least 4 members (excludes halogenated alkanes) is 17. The van der Waals surface area contributed by atoms with Gasteiger partial charge in [-0.3, -0.25) is 24.0 Å². The number of hydrogen-bond acceptors (Lipinski definition) is 10. The molecule has 0 aromatic carbocycles. The van der Waals surface area contributed by atoms with Crippen LogP contribution in [0.15, 0.2) is 0 Å². The maximum Gasteiger partial charge on any atom is 0.326 e. The van der Waals surface area contributed by atoms with E-state index >= 15 is 0 Å². The fraction of sp³-hybridized carbons (Fsp3) is 0.850. The first kappa shape index (κ1) is 51.9. The molecule has 0 aliphatic heterocycles. The molecule has 55 heavy (non-hydrogen) atoms. The lowest BCUT2D eigenvalue weighted by Crippen LogP contribution is -2.41. The van der Waals surface area contributed by atoms with Gasteiger partial charge in [0.25, 0.3) is 0 Å². The van der Waals surface area contributed by atoms with Crippen molar-refractivity contribution < 1.29 is 57.9 Å². The molecule has 15 heteroatoms. The second-order valence-corrected chi connectivity index (χ2v) is 14.0. The Bertz CT molecular complexity index is 1010. The van der Waals surface area contributed by atoms with Gasteiger partial charge < -0.3 is 45.1 Å². The molecule has 0 aromatic rings. The van der Waals surface area contributed by atoms with Crippen LogP contribution < -0.4 is 16.0 Å². The molecular formula is C40H73N3O12. The Morgan fingerprint density at radius 1 is 0.455 bits per heavy atom. The molecule has 0 heterocycles. The molecular weight excluding hydrogens is 714 g/mol. The number of hydrogen-bond donors (Lipinski definition) is 5. The fourth-order valence-corrected chi connectivity index (χ4v) is 5.67. The van der Waals surface area contributed by atoms with Gasteiger partial charge in [0, 0.05) is 32.4 Å². The molecule has 320 valence electrons. The van der Waals surface area contributed by atoms with Crippen molar-refractivity contribution in [3.05, 3.63) is 0 Å². The van der Waals surface area contributed by atoms with E-state index in [1.165, 1.54) is 77.6 Å². The lowest BCUT2D eigenvalue weighted by atomic mass is 10.0. The molecule has 0 fully saturated rings. The number of ether oxygens (including phenoxy) is 4. The standard InChI is InChI=1S/C40H73N3O12/c1-34(44)32-54-30-28-53-27-25-42-38(47)33-55-31-29-52-26-24-41-36(45)23-22-35(40(50)51)43-37(46)20-18-16-14-12-10-8-6-4-2-3-5-7-9-11-13-15-17-19-21-39(48)49/h35H,2-33H2,1H3,(H,41,45)(H,42,47)(H,43,46)(H,48,49)(H,50,51). The fourth-order valence-electron chi connectivity index (χ4n) is 5.67. The number of Topliss-reactive ketones (excluding diaryl/α,β-unsaturated/α-hetero) is 1. The van der Waals surface area contributed by atoms with Gasteiger partial charge >= 0.3 is 11.9 Å². The number of nitrogens with one attached hydrogen (secondary N) is 3. The summed E-state index contributed by atoms with van der Waals surface area (Å²) < 4.78 is 21.0. The number of carbonyl (C=O) groups excluding carboxylic acids is 4. The van der Waals surface area contributed by atoms with E-state index in [-0.39, 0.29) is 82.3 Å². The molecule has 0 saturated carbocycles. The normalized spacial score (nSPS) is 11.6. The van der Waals surface area contributed by atoms with E-state index in [9.17, 15) is 33.9 Å². The van der Waals surface area contributed by atoms with Crippen LogP contribution in [0.3, 0.4) is 0 Å². The first-order valence-electron chi connectivity index (χ1n) is 20.7. The highest BCUT2D eigenvalue weighted by Gasteiger charge is 2.20. The van der Waals surface area contributed by atoms with E-state index in [1.807, 2.05) is 0 Å². The molecule has 5 N–H and O–H groups in total. The Hall–Kier alpha value is -3.14. The van der Waals surface area contributed by atoms with Crippen molar-refractivity contribution in [2.75, 3.05) is 65.9 Å². The summed E-state index contributed by atoms with van der Waals surface area (Å²) in [6.07, 6.45) is 21.3. The number of carboxylic acids is 2. The van der Waals surface area contributed by atoms with E-state index in [1.54, 1.807) is 0 Å². The number of carbonyl (C=O) groups is 6. The van der Waals surface area contributed by atoms with Crippen LogP contribution in [0, 0.1) is 0 Å². The third-order valence-electron chi connectivity index (χ3n) is 8.76. The first-order chi connectivity index (χ1) is 26.6. The quantitative estimate of drug-likeness (QED) is 0.0511. The van der Waals surface area contributed by atoms with Gasteiger partial charge in [0.2, 0.25) is 17.7 Å². The van der Waals surface area contributed by atoms with Crippen molar-refractivity contribution in [3.8, 4) is 0 Å². The van der Waals surface area contributed by atoms with Gasteiger partial charge in [-0.2, -0.15) is 0 Å². The van der Waals surface area contributed by atoms with E-state index in [0.717, 1.165) is 38.5 Å². The molecule has 3 amide bonds. The van der Waals surface area contributed by atoms with Crippen LogP contribution >= 0.6 is 0 Å². The van der Waals surface area contributed by atoms with Gasteiger partial charge in [-0.15, -0.1) is 0 Å². The maximum atomic E-state index is 12.3. The molecule has 0 saturated heterocycles. The van der Waals surface area contributed by atoms with Crippen LogP contribution in [-0.4, -0.2) is 118 Å². The smallest absolute Gasteiger partial charge is 0.326 e. The van der Waals surface area contributed by atoms with Crippen molar-refractivity contribution >= 4 is 35.4 Å². The molecule has 15 nitrogen and oxygen atoms in total. The van der Waals surface area contributed by atoms with Crippen LogP contribution in [0.25, 0.3) is 0 Å². The third kappa shape index (κ3) is 40.3. The van der Waals surface area contributed by atoms with Crippen molar-refractivity contribution in [2.45, 2.75) is 154 Å². The minimum atomic E-state index is -1.17. The molecule has 0 aliphatic rings. The lowest BCUT2D eigenvalue weighted by molar-refractivity contribution is -0.142. The van der Waals surface area contributed by atoms with E-state index < -0.39 is 18.0 Å². The zero-order valence-electron chi connectivity index (χ0n) is 33.7. The summed E-state index contributed by atoms with van der Waals surface area (Å²) in [5.74, 6) is -2.86. The summed E-state index contributed by atoms with van der Waals surface area (Å²) >= 11 is 0. The highest BCUT2D eigenvalue weighted by Crippen LogP contribution is 2.15. The highest BCUT2D eigenvalue weighted by molar-refractivity contribution is 5.84. The zero-order chi connectivity index (χ0) is 40.6. The second-order valence-electron chi connectivity index (χ2n) is 14.0. The van der Waals surface area contributed by atoms with Gasteiger partial charge in [0.05, 0.1) is 39.6 Å². The number of rotatable bonds is 42. The van der Waals surface area contributed by atoms with Gasteiger partial charge in [0.1, 0.15) is 19.3 Å². The Morgan fingerprint density at radius 2 is 0.855 bits per heavy atom. The Kier molecular flexibility index (Phi) is 36.9. The Morgan fingerprint density at radius 3 is 1.29 bits per heavy atom. The first-order valence-corrected chi connectivity index (χ1v) is 20.7. The van der Waals surface area contributed by atoms with Crippen molar-refractivity contribution in [3.63, 3.8) is 0 Å². The van der Waals surface area contributed by atoms with Crippen LogP contribution in [0.1, 0.15) is 148 Å². The number of aliphatic carboxylic acids is 2. The Labute approximate surface area is 329 Å². The van der Waals surface area contributed by atoms with Crippen LogP contribution in [0.5, 0.6) is 0 Å². The maximum absolute atomic E-state index is 12.3. The molecule has 0 rings (SSSR count). The zero-order valence-corrected chi connectivity index (χ0v) is 33.7. The lowest BCUT2D eigenvalue weighted by Gasteiger charge is -2.14. The average Bonchev–Trinajstić information content (AvgIpc) is 3.14. The molecule has 1 atom stereocenters. The summed E-state index contributed by atoms with van der Waals surface area (Å²) in [4.78, 5) is 69.1. The number of amides is 3. The molecule has 1 unspecified atom stereocenters. The van der Waals surface area contributed by atoms with E-state index in [2.05, 4.69) is 16.0 Å². The average molecular weight is 788 g/mol. The summed E-state index contributed by atoms with van der Waals surface area (Å²) in [7, 11) is 0. The number of ketones is 1. The second kappa shape index (κ2) is 39.1. The van der Waals surface area contributed by atoms with Gasteiger partial charge in [0.15, 0.2) is 5.78 Å². The number of carboxylic acid groups (broad SMARTS) is 2. The van der Waals surface area contributed by atoms with Crippen molar-refractivity contribution in [2.24, 2.45) is 0 Å². The molecule has 0 radical (unpaired) electrons. The molecule has 0 spiro atoms. The van der Waals surface area contributed by atoms with Gasteiger partial charge in [-0.1, -0.05) is 103 Å². The van der Waals surface area contributed by atoms with Crippen LogP contribution in [0.4, 0.5) is 0 Å². The highest BCUT2D eigenvalue weighted by atomic mass is 16.5. The van der Waals surface area contributed by atoms with Crippen LogP contribution in [-0.2, 0) is 47.7 Å². The molecule has 0 aromatic heterocycles. The largest absolute Gasteiger partial charge is 0.481 e. The van der Waals surface area contributed by atoms with Gasteiger partial charge in [-0.25, -0.2) is 4.79 Å². The molecule has 0 aliphatic carbocycles. The summed E-state index contributed by atoms with van der Waals surface area (Å²) in [5, 5.41) is 26.0.